The molecule has 0 fully saturated rings. The van der Waals surface area contributed by atoms with Crippen LogP contribution in [0.4, 0.5) is 4.39 Å². The molecular formula is C12H15BrFNO3. The Morgan fingerprint density at radius 1 is 1.39 bits per heavy atom. The number of methoxy groups -OCH3 is 1. The van der Waals surface area contributed by atoms with E-state index in [1.165, 1.54) is 6.07 Å². The van der Waals surface area contributed by atoms with E-state index in [1.807, 2.05) is 0 Å². The molecule has 0 spiro atoms. The molecule has 1 rings (SSSR count). The van der Waals surface area contributed by atoms with E-state index in [0.29, 0.717) is 26.4 Å². The number of nitrogens with one attached hydrogen (secondary N) is 1. The quantitative estimate of drug-likeness (QED) is 0.782. The van der Waals surface area contributed by atoms with Gasteiger partial charge in [-0.15, -0.1) is 0 Å². The Labute approximate surface area is 114 Å². The van der Waals surface area contributed by atoms with Gasteiger partial charge in [-0.3, -0.25) is 4.79 Å². The van der Waals surface area contributed by atoms with Crippen LogP contribution in [0.3, 0.4) is 0 Å². The number of carbonyl (C=O) groups excluding carboxylic acids is 1. The van der Waals surface area contributed by atoms with E-state index in [1.54, 1.807) is 19.2 Å². The lowest BCUT2D eigenvalue weighted by Crippen LogP contribution is -2.28. The molecule has 100 valence electrons. The first-order valence-electron chi connectivity index (χ1n) is 5.45. The molecule has 0 atom stereocenters. The van der Waals surface area contributed by atoms with E-state index >= 15 is 0 Å². The molecule has 0 saturated carbocycles. The Hall–Kier alpha value is -0.980. The molecule has 1 aromatic rings. The Morgan fingerprint density at radius 3 is 2.89 bits per heavy atom. The summed E-state index contributed by atoms with van der Waals surface area (Å²) in [5.74, 6) is -1.01. The SMILES string of the molecule is COCCOCCNC(=O)c1cccc(Br)c1F. The van der Waals surface area contributed by atoms with Crippen LogP contribution in [0.5, 0.6) is 0 Å². The lowest BCUT2D eigenvalue weighted by atomic mass is 10.2. The molecular weight excluding hydrogens is 305 g/mol. The summed E-state index contributed by atoms with van der Waals surface area (Å²) in [6.07, 6.45) is 0. The van der Waals surface area contributed by atoms with Gasteiger partial charge in [-0.2, -0.15) is 0 Å². The summed E-state index contributed by atoms with van der Waals surface area (Å²) in [7, 11) is 1.58. The van der Waals surface area contributed by atoms with Gasteiger partial charge in [0.1, 0.15) is 5.82 Å². The molecule has 0 heterocycles. The predicted molar refractivity (Wildman–Crippen MR) is 69.1 cm³/mol. The third kappa shape index (κ3) is 4.72. The van der Waals surface area contributed by atoms with Gasteiger partial charge in [-0.1, -0.05) is 6.07 Å². The Balaban J connectivity index is 2.35. The van der Waals surface area contributed by atoms with E-state index in [9.17, 15) is 9.18 Å². The first-order chi connectivity index (χ1) is 8.66. The summed E-state index contributed by atoms with van der Waals surface area (Å²) >= 11 is 3.03. The lowest BCUT2D eigenvalue weighted by Gasteiger charge is -2.07. The van der Waals surface area contributed by atoms with E-state index in [0.717, 1.165) is 0 Å². The minimum absolute atomic E-state index is 0.0151. The van der Waals surface area contributed by atoms with Crippen molar-refractivity contribution in [3.05, 3.63) is 34.1 Å². The molecule has 0 unspecified atom stereocenters. The summed E-state index contributed by atoms with van der Waals surface area (Å²) in [5, 5.41) is 2.58. The van der Waals surface area contributed by atoms with Gasteiger partial charge in [-0.25, -0.2) is 4.39 Å². The van der Waals surface area contributed by atoms with Gasteiger partial charge in [0, 0.05) is 13.7 Å². The minimum Gasteiger partial charge on any atom is -0.382 e. The molecule has 0 bridgehead atoms. The molecule has 0 saturated heterocycles. The fourth-order valence-electron chi connectivity index (χ4n) is 1.26. The third-order valence-electron chi connectivity index (χ3n) is 2.16. The number of rotatable bonds is 7. The highest BCUT2D eigenvalue weighted by Gasteiger charge is 2.12. The Kier molecular flexibility index (Phi) is 6.85. The summed E-state index contributed by atoms with van der Waals surface area (Å²) in [4.78, 5) is 11.7. The molecule has 1 amide bonds. The maximum absolute atomic E-state index is 13.6. The number of amides is 1. The summed E-state index contributed by atoms with van der Waals surface area (Å²) < 4.78 is 23.8. The van der Waals surface area contributed by atoms with E-state index < -0.39 is 11.7 Å². The largest absolute Gasteiger partial charge is 0.382 e. The highest BCUT2D eigenvalue weighted by atomic mass is 79.9. The van der Waals surface area contributed by atoms with Gasteiger partial charge in [-0.05, 0) is 28.1 Å². The van der Waals surface area contributed by atoms with Crippen molar-refractivity contribution in [3.8, 4) is 0 Å². The van der Waals surface area contributed by atoms with Crippen molar-refractivity contribution in [2.24, 2.45) is 0 Å². The van der Waals surface area contributed by atoms with Gasteiger partial charge in [0.25, 0.3) is 5.91 Å². The van der Waals surface area contributed by atoms with Crippen LogP contribution < -0.4 is 5.32 Å². The number of benzene rings is 1. The van der Waals surface area contributed by atoms with E-state index in [-0.39, 0.29) is 10.0 Å². The van der Waals surface area contributed by atoms with Crippen LogP contribution >= 0.6 is 15.9 Å². The number of halogens is 2. The molecule has 0 aliphatic heterocycles. The van der Waals surface area contributed by atoms with Crippen LogP contribution in [0, 0.1) is 5.82 Å². The monoisotopic (exact) mass is 319 g/mol. The van der Waals surface area contributed by atoms with Crippen LogP contribution in [0.15, 0.2) is 22.7 Å². The zero-order chi connectivity index (χ0) is 13.4. The number of ether oxygens (including phenoxy) is 2. The van der Waals surface area contributed by atoms with Crippen molar-refractivity contribution in [2.45, 2.75) is 0 Å². The van der Waals surface area contributed by atoms with Crippen LogP contribution in [-0.2, 0) is 9.47 Å². The van der Waals surface area contributed by atoms with Crippen molar-refractivity contribution in [1.29, 1.82) is 0 Å². The second kappa shape index (κ2) is 8.18. The second-order valence-corrected chi connectivity index (χ2v) is 4.32. The first-order valence-corrected chi connectivity index (χ1v) is 6.25. The molecule has 0 aliphatic rings. The van der Waals surface area contributed by atoms with Crippen molar-refractivity contribution in [1.82, 2.24) is 5.32 Å². The topological polar surface area (TPSA) is 47.6 Å². The summed E-state index contributed by atoms with van der Waals surface area (Å²) in [5.41, 5.74) is 0.0151. The zero-order valence-electron chi connectivity index (χ0n) is 10.0. The highest BCUT2D eigenvalue weighted by Crippen LogP contribution is 2.18. The number of hydrogen-bond donors (Lipinski definition) is 1. The normalized spacial score (nSPS) is 10.4. The van der Waals surface area contributed by atoms with Crippen molar-refractivity contribution in [3.63, 3.8) is 0 Å². The molecule has 6 heteroatoms. The molecule has 18 heavy (non-hydrogen) atoms. The maximum Gasteiger partial charge on any atom is 0.254 e. The smallest absolute Gasteiger partial charge is 0.254 e. The maximum atomic E-state index is 13.6. The van der Waals surface area contributed by atoms with Gasteiger partial charge in [0.15, 0.2) is 0 Å². The Bertz CT molecular complexity index is 401. The Morgan fingerprint density at radius 2 is 2.17 bits per heavy atom. The standard InChI is InChI=1S/C12H15BrFNO3/c1-17-7-8-18-6-5-15-12(16)9-3-2-4-10(13)11(9)14/h2-4H,5-8H2,1H3,(H,15,16). The molecule has 0 aromatic heterocycles. The second-order valence-electron chi connectivity index (χ2n) is 3.46. The predicted octanol–water partition coefficient (Wildman–Crippen LogP) is 1.98. The van der Waals surface area contributed by atoms with Crippen molar-refractivity contribution in [2.75, 3.05) is 33.5 Å². The average molecular weight is 320 g/mol. The van der Waals surface area contributed by atoms with Crippen molar-refractivity contribution < 1.29 is 18.7 Å². The van der Waals surface area contributed by atoms with Crippen LogP contribution in [0.1, 0.15) is 10.4 Å². The van der Waals surface area contributed by atoms with Gasteiger partial charge >= 0.3 is 0 Å². The van der Waals surface area contributed by atoms with Gasteiger partial charge < -0.3 is 14.8 Å². The lowest BCUT2D eigenvalue weighted by molar-refractivity contribution is 0.0692. The minimum atomic E-state index is -0.560. The van der Waals surface area contributed by atoms with Crippen LogP contribution in [-0.4, -0.2) is 39.4 Å². The van der Waals surface area contributed by atoms with E-state index in [4.69, 9.17) is 9.47 Å². The van der Waals surface area contributed by atoms with Crippen LogP contribution in [0.25, 0.3) is 0 Å². The summed E-state index contributed by atoms with van der Waals surface area (Å²) in [6.45, 7) is 1.67. The molecule has 0 aliphatic carbocycles. The fraction of sp³-hybridized carbons (Fsp3) is 0.417. The van der Waals surface area contributed by atoms with Crippen molar-refractivity contribution >= 4 is 21.8 Å². The third-order valence-corrected chi connectivity index (χ3v) is 2.77. The average Bonchev–Trinajstić information content (AvgIpc) is 2.36. The van der Waals surface area contributed by atoms with Gasteiger partial charge in [0.2, 0.25) is 0 Å². The first kappa shape index (κ1) is 15.1. The number of carbonyl (C=O) groups is 1. The number of hydrogen-bond acceptors (Lipinski definition) is 3. The van der Waals surface area contributed by atoms with Crippen LogP contribution in [0.2, 0.25) is 0 Å². The molecule has 1 N–H and O–H groups in total. The van der Waals surface area contributed by atoms with E-state index in [2.05, 4.69) is 21.2 Å². The summed E-state index contributed by atoms with van der Waals surface area (Å²) in [6, 6.07) is 4.58. The van der Waals surface area contributed by atoms with Gasteiger partial charge in [0.05, 0.1) is 29.9 Å². The molecule has 0 radical (unpaired) electrons. The fourth-order valence-corrected chi connectivity index (χ4v) is 1.62. The molecule has 4 nitrogen and oxygen atoms in total. The zero-order valence-corrected chi connectivity index (χ0v) is 11.6. The highest BCUT2D eigenvalue weighted by molar-refractivity contribution is 9.10. The molecule has 1 aromatic carbocycles.